The normalized spacial score (nSPS) is 11.1. The zero-order valence-electron chi connectivity index (χ0n) is 26.8. The van der Waals surface area contributed by atoms with Crippen molar-refractivity contribution >= 4 is 16.7 Å². The van der Waals surface area contributed by atoms with E-state index in [1.807, 2.05) is 36.4 Å². The molecule has 3 nitrogen and oxygen atoms in total. The molecule has 0 aliphatic carbocycles. The molecule has 0 atom stereocenters. The molecule has 6 rings (SSSR count). The van der Waals surface area contributed by atoms with Crippen LogP contribution in [0.1, 0.15) is 54.5 Å². The molecule has 0 bridgehead atoms. The largest absolute Gasteiger partial charge is 0.482 e. The third-order valence-electron chi connectivity index (χ3n) is 8.50. The summed E-state index contributed by atoms with van der Waals surface area (Å²) in [6, 6.07) is 46.8. The number of ether oxygens (including phenoxy) is 2. The molecule has 0 heterocycles. The first kappa shape index (κ1) is 30.9. The van der Waals surface area contributed by atoms with E-state index in [0.717, 1.165) is 18.4 Å². The number of hydrogen-bond donors (Lipinski definition) is 0. The smallest absolute Gasteiger partial charge is 0.344 e. The summed E-state index contributed by atoms with van der Waals surface area (Å²) in [4.78, 5) is 12.3. The molecular formula is C43H40O3. The lowest BCUT2D eigenvalue weighted by atomic mass is 9.88. The molecule has 3 heteroatoms. The first-order valence-electron chi connectivity index (χ1n) is 16.1. The van der Waals surface area contributed by atoms with Crippen LogP contribution in [0.5, 0.6) is 5.75 Å². The fourth-order valence-electron chi connectivity index (χ4n) is 6.06. The summed E-state index contributed by atoms with van der Waals surface area (Å²) in [5.74, 6) is 0.559. The number of fused-ring (bicyclic) bond motifs is 1. The van der Waals surface area contributed by atoms with E-state index >= 15 is 0 Å². The van der Waals surface area contributed by atoms with Gasteiger partial charge in [0.1, 0.15) is 12.4 Å². The maximum Gasteiger partial charge on any atom is 0.344 e. The van der Waals surface area contributed by atoms with Crippen molar-refractivity contribution in [3.63, 3.8) is 0 Å². The molecule has 0 aliphatic heterocycles. The molecule has 0 unspecified atom stereocenters. The Bertz CT molecular complexity index is 1960. The van der Waals surface area contributed by atoms with E-state index in [1.54, 1.807) is 0 Å². The van der Waals surface area contributed by atoms with Crippen molar-refractivity contribution in [2.75, 3.05) is 6.61 Å². The lowest BCUT2D eigenvalue weighted by Gasteiger charge is -2.18. The minimum atomic E-state index is -0.386. The number of benzene rings is 6. The van der Waals surface area contributed by atoms with Gasteiger partial charge in [-0.15, -0.1) is 0 Å². The first-order valence-corrected chi connectivity index (χ1v) is 16.1. The van der Waals surface area contributed by atoms with Gasteiger partial charge in [0.15, 0.2) is 6.61 Å². The Morgan fingerprint density at radius 3 is 2.15 bits per heavy atom. The highest BCUT2D eigenvalue weighted by molar-refractivity contribution is 5.83. The second kappa shape index (κ2) is 14.3. The molecule has 0 fully saturated rings. The zero-order valence-corrected chi connectivity index (χ0v) is 26.8. The van der Waals surface area contributed by atoms with Gasteiger partial charge in [0.2, 0.25) is 0 Å². The van der Waals surface area contributed by atoms with Gasteiger partial charge in [0.05, 0.1) is 0 Å². The Balaban J connectivity index is 1.18. The van der Waals surface area contributed by atoms with Crippen LogP contribution in [0.15, 0.2) is 133 Å². The number of rotatable bonds is 11. The number of carbonyl (C=O) groups excluding carboxylic acids is 1. The maximum atomic E-state index is 12.3. The zero-order chi connectivity index (χ0) is 31.9. The minimum Gasteiger partial charge on any atom is -0.482 e. The van der Waals surface area contributed by atoms with Crippen LogP contribution in [-0.4, -0.2) is 12.6 Å². The third kappa shape index (κ3) is 7.38. The second-order valence-electron chi connectivity index (χ2n) is 12.1. The summed E-state index contributed by atoms with van der Waals surface area (Å²) in [5.41, 5.74) is 11.0. The summed E-state index contributed by atoms with van der Waals surface area (Å²) in [6.07, 6.45) is 1.83. The summed E-state index contributed by atoms with van der Waals surface area (Å²) >= 11 is 0. The number of carbonyl (C=O) groups is 1. The SMILES string of the molecule is CCc1cc(-c2ccc(OCC(=O)OCc3ccccc3)cc2C(C)C)ccc1-c1cccc(Cc2ccc3ccccc3c2)c1. The summed E-state index contributed by atoms with van der Waals surface area (Å²) in [5, 5.41) is 2.55. The van der Waals surface area contributed by atoms with E-state index in [1.165, 1.54) is 55.3 Å². The lowest BCUT2D eigenvalue weighted by molar-refractivity contribution is -0.147. The maximum absolute atomic E-state index is 12.3. The summed E-state index contributed by atoms with van der Waals surface area (Å²) < 4.78 is 11.2. The van der Waals surface area contributed by atoms with Crippen LogP contribution < -0.4 is 4.74 Å². The van der Waals surface area contributed by atoms with Gasteiger partial charge in [-0.2, -0.15) is 0 Å². The third-order valence-corrected chi connectivity index (χ3v) is 8.50. The van der Waals surface area contributed by atoms with Gasteiger partial charge in [-0.05, 0) is 91.7 Å². The lowest BCUT2D eigenvalue weighted by Crippen LogP contribution is -2.15. The summed E-state index contributed by atoms with van der Waals surface area (Å²) in [6.45, 7) is 6.71. The quantitative estimate of drug-likeness (QED) is 0.138. The highest BCUT2D eigenvalue weighted by Gasteiger charge is 2.14. The molecular weight excluding hydrogens is 564 g/mol. The Hall–Kier alpha value is -5.15. The molecule has 0 spiro atoms. The van der Waals surface area contributed by atoms with Crippen molar-refractivity contribution in [2.24, 2.45) is 0 Å². The molecule has 230 valence electrons. The van der Waals surface area contributed by atoms with Crippen LogP contribution in [0.4, 0.5) is 0 Å². The Labute approximate surface area is 272 Å². The van der Waals surface area contributed by atoms with Crippen LogP contribution in [0.3, 0.4) is 0 Å². The molecule has 0 saturated heterocycles. The van der Waals surface area contributed by atoms with Crippen molar-refractivity contribution in [2.45, 2.75) is 46.1 Å². The van der Waals surface area contributed by atoms with E-state index < -0.39 is 0 Å². The van der Waals surface area contributed by atoms with Gasteiger partial charge in [0.25, 0.3) is 0 Å². The monoisotopic (exact) mass is 604 g/mol. The van der Waals surface area contributed by atoms with Gasteiger partial charge < -0.3 is 9.47 Å². The molecule has 0 aliphatic rings. The molecule has 0 N–H and O–H groups in total. The molecule has 6 aromatic rings. The van der Waals surface area contributed by atoms with Crippen LogP contribution in [0.25, 0.3) is 33.0 Å². The molecule has 6 aromatic carbocycles. The van der Waals surface area contributed by atoms with E-state index in [-0.39, 0.29) is 25.1 Å². The van der Waals surface area contributed by atoms with Gasteiger partial charge in [0, 0.05) is 0 Å². The minimum absolute atomic E-state index is 0.127. The van der Waals surface area contributed by atoms with Crippen molar-refractivity contribution in [3.05, 3.63) is 161 Å². The fourth-order valence-corrected chi connectivity index (χ4v) is 6.06. The number of aryl methyl sites for hydroxylation is 1. The molecule has 46 heavy (non-hydrogen) atoms. The molecule has 0 aromatic heterocycles. The van der Waals surface area contributed by atoms with E-state index in [4.69, 9.17) is 9.47 Å². The second-order valence-corrected chi connectivity index (χ2v) is 12.1. The first-order chi connectivity index (χ1) is 22.5. The topological polar surface area (TPSA) is 35.5 Å². The number of esters is 1. The molecule has 0 amide bonds. The van der Waals surface area contributed by atoms with Crippen molar-refractivity contribution in [1.29, 1.82) is 0 Å². The van der Waals surface area contributed by atoms with Crippen LogP contribution in [0, 0.1) is 0 Å². The number of hydrogen-bond acceptors (Lipinski definition) is 3. The van der Waals surface area contributed by atoms with Crippen molar-refractivity contribution in [3.8, 4) is 28.0 Å². The van der Waals surface area contributed by atoms with Gasteiger partial charge in [-0.1, -0.05) is 142 Å². The van der Waals surface area contributed by atoms with Gasteiger partial charge in [-0.3, -0.25) is 0 Å². The average molecular weight is 605 g/mol. The predicted octanol–water partition coefficient (Wildman–Crippen LogP) is 10.6. The standard InChI is InChI=1S/C43H40O3/c1-4-34-26-38(41-22-20-39(27-42(41)30(2)3)45-29-43(44)46-28-31-11-6-5-7-12-31)19-21-40(34)37-16-10-13-32(25-37)23-33-17-18-35-14-8-9-15-36(35)24-33/h5-22,24-27,30H,4,23,28-29H2,1-3H3. The van der Waals surface area contributed by atoms with Crippen molar-refractivity contribution in [1.82, 2.24) is 0 Å². The summed E-state index contributed by atoms with van der Waals surface area (Å²) in [7, 11) is 0. The Morgan fingerprint density at radius 2 is 1.35 bits per heavy atom. The highest BCUT2D eigenvalue weighted by Crippen LogP contribution is 2.36. The van der Waals surface area contributed by atoms with Crippen LogP contribution in [0.2, 0.25) is 0 Å². The van der Waals surface area contributed by atoms with Crippen LogP contribution >= 0.6 is 0 Å². The molecule has 0 radical (unpaired) electrons. The Morgan fingerprint density at radius 1 is 0.630 bits per heavy atom. The average Bonchev–Trinajstić information content (AvgIpc) is 3.10. The molecule has 0 saturated carbocycles. The van der Waals surface area contributed by atoms with E-state index in [9.17, 15) is 4.79 Å². The van der Waals surface area contributed by atoms with Crippen LogP contribution in [-0.2, 0) is 29.0 Å². The Kier molecular flexibility index (Phi) is 9.59. The van der Waals surface area contributed by atoms with E-state index in [2.05, 4.69) is 118 Å². The van der Waals surface area contributed by atoms with Crippen molar-refractivity contribution < 1.29 is 14.3 Å². The van der Waals surface area contributed by atoms with Gasteiger partial charge >= 0.3 is 5.97 Å². The fraction of sp³-hybridized carbons (Fsp3) is 0.186. The highest BCUT2D eigenvalue weighted by atomic mass is 16.6. The van der Waals surface area contributed by atoms with Gasteiger partial charge in [-0.25, -0.2) is 4.79 Å². The predicted molar refractivity (Wildman–Crippen MR) is 189 cm³/mol. The van der Waals surface area contributed by atoms with E-state index in [0.29, 0.717) is 5.75 Å².